The largest absolute Gasteiger partial charge is 0.407 e. The molecule has 1 nitrogen and oxygen atoms in total. The molecule has 2 N–H and O–H groups in total. The molecule has 1 atom stereocenters. The maximum absolute atomic E-state index is 12.3. The number of hydrogen-bond donors (Lipinski definition) is 1. The first-order valence-electron chi connectivity index (χ1n) is 3.60. The van der Waals surface area contributed by atoms with Gasteiger partial charge in [-0.2, -0.15) is 13.2 Å². The molecule has 0 radical (unpaired) electrons. The van der Waals surface area contributed by atoms with Gasteiger partial charge in [0.15, 0.2) is 0 Å². The molecule has 0 unspecified atom stereocenters. The molecule has 0 amide bonds. The summed E-state index contributed by atoms with van der Waals surface area (Å²) in [6, 6.07) is 2.83. The first-order chi connectivity index (χ1) is 6.34. The summed E-state index contributed by atoms with van der Waals surface area (Å²) in [6.07, 6.45) is -4.38. The molecule has 1 aromatic rings. The van der Waals surface area contributed by atoms with Crippen molar-refractivity contribution in [2.24, 2.45) is 5.73 Å². The quantitative estimate of drug-likeness (QED) is 0.684. The second kappa shape index (κ2) is 4.52. The van der Waals surface area contributed by atoms with Crippen molar-refractivity contribution in [3.8, 4) is 0 Å². The van der Waals surface area contributed by atoms with Gasteiger partial charge in [0.1, 0.15) is 6.04 Å². The standard InChI is InChI=1S/C8H6F3I2N/c9-8(10,11)7(14)4-2-1-3-5(12)6(4)13/h1-3,7H,14H2/t7-/m0/s1. The topological polar surface area (TPSA) is 26.0 Å². The Labute approximate surface area is 107 Å². The summed E-state index contributed by atoms with van der Waals surface area (Å²) in [5, 5.41) is 0. The van der Waals surface area contributed by atoms with E-state index in [4.69, 9.17) is 5.73 Å². The molecule has 0 saturated heterocycles. The lowest BCUT2D eigenvalue weighted by Gasteiger charge is -2.17. The number of benzene rings is 1. The van der Waals surface area contributed by atoms with Crippen molar-refractivity contribution in [3.05, 3.63) is 30.9 Å². The average molecular weight is 427 g/mol. The maximum atomic E-state index is 12.3. The van der Waals surface area contributed by atoms with Crippen molar-refractivity contribution in [3.63, 3.8) is 0 Å². The van der Waals surface area contributed by atoms with Crippen molar-refractivity contribution < 1.29 is 13.2 Å². The predicted molar refractivity (Wildman–Crippen MR) is 64.9 cm³/mol. The second-order valence-electron chi connectivity index (χ2n) is 2.66. The Morgan fingerprint density at radius 1 is 1.21 bits per heavy atom. The molecule has 1 rings (SSSR count). The van der Waals surface area contributed by atoms with Gasteiger partial charge in [-0.1, -0.05) is 12.1 Å². The zero-order valence-corrected chi connectivity index (χ0v) is 11.1. The number of hydrogen-bond acceptors (Lipinski definition) is 1. The highest BCUT2D eigenvalue weighted by molar-refractivity contribution is 14.1. The van der Waals surface area contributed by atoms with Gasteiger partial charge < -0.3 is 5.73 Å². The molecule has 0 aromatic heterocycles. The molecule has 14 heavy (non-hydrogen) atoms. The van der Waals surface area contributed by atoms with Gasteiger partial charge in [-0.25, -0.2) is 0 Å². The Hall–Kier alpha value is 0.430. The van der Waals surface area contributed by atoms with E-state index < -0.39 is 12.2 Å². The molecule has 0 fully saturated rings. The Morgan fingerprint density at radius 2 is 1.79 bits per heavy atom. The normalized spacial score (nSPS) is 14.1. The van der Waals surface area contributed by atoms with Crippen molar-refractivity contribution in [2.75, 3.05) is 0 Å². The number of nitrogens with two attached hydrogens (primary N) is 1. The van der Waals surface area contributed by atoms with E-state index in [2.05, 4.69) is 0 Å². The Kier molecular flexibility index (Phi) is 4.03. The van der Waals surface area contributed by atoms with Gasteiger partial charge >= 0.3 is 6.18 Å². The zero-order chi connectivity index (χ0) is 10.9. The lowest BCUT2D eigenvalue weighted by atomic mass is 10.1. The molecule has 0 heterocycles. The smallest absolute Gasteiger partial charge is 0.316 e. The van der Waals surface area contributed by atoms with Crippen LogP contribution in [0.15, 0.2) is 18.2 Å². The monoisotopic (exact) mass is 427 g/mol. The molecule has 1 aromatic carbocycles. The summed E-state index contributed by atoms with van der Waals surface area (Å²) >= 11 is 3.85. The van der Waals surface area contributed by atoms with E-state index in [1.807, 2.05) is 45.2 Å². The van der Waals surface area contributed by atoms with Gasteiger partial charge in [0.2, 0.25) is 0 Å². The average Bonchev–Trinajstić information content (AvgIpc) is 2.07. The van der Waals surface area contributed by atoms with Gasteiger partial charge in [-0.3, -0.25) is 0 Å². The highest BCUT2D eigenvalue weighted by atomic mass is 127. The number of halogens is 5. The molecule has 0 aliphatic rings. The fraction of sp³-hybridized carbons (Fsp3) is 0.250. The van der Waals surface area contributed by atoms with Crippen molar-refractivity contribution >= 4 is 45.2 Å². The van der Waals surface area contributed by atoms with Crippen molar-refractivity contribution in [1.29, 1.82) is 0 Å². The Bertz CT molecular complexity index is 338. The summed E-state index contributed by atoms with van der Waals surface area (Å²) < 4.78 is 38.3. The van der Waals surface area contributed by atoms with Gasteiger partial charge in [0.05, 0.1) is 0 Å². The Morgan fingerprint density at radius 3 is 2.29 bits per heavy atom. The van der Waals surface area contributed by atoms with Gasteiger partial charge in [0, 0.05) is 7.14 Å². The molecule has 6 heteroatoms. The van der Waals surface area contributed by atoms with Gasteiger partial charge in [-0.15, -0.1) is 0 Å². The molecule has 0 spiro atoms. The SMILES string of the molecule is N[C@@H](c1cccc(I)c1I)C(F)(F)F. The van der Waals surface area contributed by atoms with Gasteiger partial charge in [0.25, 0.3) is 0 Å². The molecule has 0 saturated carbocycles. The van der Waals surface area contributed by atoms with Crippen LogP contribution in [0.3, 0.4) is 0 Å². The summed E-state index contributed by atoms with van der Waals surface area (Å²) in [4.78, 5) is 0. The fourth-order valence-corrected chi connectivity index (χ4v) is 2.15. The Balaban J connectivity index is 3.14. The van der Waals surface area contributed by atoms with Crippen LogP contribution in [0, 0.1) is 7.14 Å². The lowest BCUT2D eigenvalue weighted by Crippen LogP contribution is -2.29. The molecule has 0 aliphatic heterocycles. The highest BCUT2D eigenvalue weighted by Gasteiger charge is 2.38. The molecular weight excluding hydrogens is 421 g/mol. The van der Waals surface area contributed by atoms with Crippen LogP contribution < -0.4 is 5.73 Å². The number of alkyl halides is 3. The van der Waals surface area contributed by atoms with E-state index in [1.165, 1.54) is 6.07 Å². The maximum Gasteiger partial charge on any atom is 0.407 e. The van der Waals surface area contributed by atoms with E-state index in [9.17, 15) is 13.2 Å². The van der Waals surface area contributed by atoms with E-state index in [0.29, 0.717) is 3.57 Å². The minimum absolute atomic E-state index is 0.130. The summed E-state index contributed by atoms with van der Waals surface area (Å²) in [6.45, 7) is 0. The van der Waals surface area contributed by atoms with Gasteiger partial charge in [-0.05, 0) is 56.8 Å². The van der Waals surface area contributed by atoms with Crippen LogP contribution in [0.5, 0.6) is 0 Å². The van der Waals surface area contributed by atoms with E-state index in [1.54, 1.807) is 12.1 Å². The predicted octanol–water partition coefficient (Wildman–Crippen LogP) is 3.46. The van der Waals surface area contributed by atoms with Crippen LogP contribution in [0.2, 0.25) is 0 Å². The van der Waals surface area contributed by atoms with E-state index in [-0.39, 0.29) is 5.56 Å². The minimum atomic E-state index is -4.38. The second-order valence-corrected chi connectivity index (χ2v) is 4.90. The molecular formula is C8H6F3I2N. The third kappa shape index (κ3) is 2.72. The zero-order valence-electron chi connectivity index (χ0n) is 6.78. The molecule has 0 bridgehead atoms. The third-order valence-electron chi connectivity index (χ3n) is 1.67. The number of rotatable bonds is 1. The van der Waals surface area contributed by atoms with E-state index in [0.717, 1.165) is 3.57 Å². The molecule has 0 aliphatic carbocycles. The fourth-order valence-electron chi connectivity index (χ4n) is 0.937. The van der Waals surface area contributed by atoms with Crippen LogP contribution >= 0.6 is 45.2 Å². The van der Waals surface area contributed by atoms with Crippen LogP contribution in [0.1, 0.15) is 11.6 Å². The van der Waals surface area contributed by atoms with E-state index >= 15 is 0 Å². The summed E-state index contributed by atoms with van der Waals surface area (Å²) in [5.41, 5.74) is 5.24. The van der Waals surface area contributed by atoms with Crippen LogP contribution in [0.25, 0.3) is 0 Å². The van der Waals surface area contributed by atoms with Crippen molar-refractivity contribution in [1.82, 2.24) is 0 Å². The minimum Gasteiger partial charge on any atom is -0.316 e. The lowest BCUT2D eigenvalue weighted by molar-refractivity contribution is -0.149. The van der Waals surface area contributed by atoms with Crippen LogP contribution in [-0.2, 0) is 0 Å². The first-order valence-corrected chi connectivity index (χ1v) is 5.76. The molecule has 78 valence electrons. The van der Waals surface area contributed by atoms with Crippen LogP contribution in [-0.4, -0.2) is 6.18 Å². The van der Waals surface area contributed by atoms with Crippen molar-refractivity contribution in [2.45, 2.75) is 12.2 Å². The summed E-state index contributed by atoms with van der Waals surface area (Å²) in [7, 11) is 0. The highest BCUT2D eigenvalue weighted by Crippen LogP contribution is 2.33. The van der Waals surface area contributed by atoms with Crippen LogP contribution in [0.4, 0.5) is 13.2 Å². The first kappa shape index (κ1) is 12.5. The summed E-state index contributed by atoms with van der Waals surface area (Å²) in [5.74, 6) is 0. The third-order valence-corrected chi connectivity index (χ3v) is 4.80.